The van der Waals surface area contributed by atoms with Crippen molar-refractivity contribution in [2.45, 2.75) is 13.1 Å². The van der Waals surface area contributed by atoms with Crippen LogP contribution in [0.1, 0.15) is 10.6 Å². The van der Waals surface area contributed by atoms with Gasteiger partial charge in [0.25, 0.3) is 0 Å². The summed E-state index contributed by atoms with van der Waals surface area (Å²) >= 11 is 1.66. The lowest BCUT2D eigenvalue weighted by Crippen LogP contribution is -2.33. The summed E-state index contributed by atoms with van der Waals surface area (Å²) in [6.07, 6.45) is 1.99. The number of thiophene rings is 1. The van der Waals surface area contributed by atoms with Crippen LogP contribution in [0.15, 0.2) is 35.8 Å². The molecule has 0 saturated carbocycles. The fraction of sp³-hybridized carbons (Fsp3) is 0.357. The molecule has 0 atom stereocenters. The van der Waals surface area contributed by atoms with E-state index in [1.54, 1.807) is 18.4 Å². The van der Waals surface area contributed by atoms with E-state index >= 15 is 0 Å². The third kappa shape index (κ3) is 3.68. The molecule has 2 heterocycles. The largest absolute Gasteiger partial charge is 0.375 e. The molecule has 0 unspecified atom stereocenters. The number of carbonyl (C=O) groups is 1. The van der Waals surface area contributed by atoms with Crippen molar-refractivity contribution < 1.29 is 9.53 Å². The van der Waals surface area contributed by atoms with Gasteiger partial charge in [-0.15, -0.1) is 11.3 Å². The van der Waals surface area contributed by atoms with Crippen LogP contribution in [0.3, 0.4) is 0 Å². The lowest BCUT2D eigenvalue weighted by Gasteiger charge is -2.22. The highest BCUT2D eigenvalue weighted by atomic mass is 32.1. The lowest BCUT2D eigenvalue weighted by molar-refractivity contribution is -0.136. The molecule has 102 valence electrons. The quantitative estimate of drug-likeness (QED) is 0.812. The van der Waals surface area contributed by atoms with Gasteiger partial charge in [-0.1, -0.05) is 6.07 Å². The molecular weight excluding hydrogens is 260 g/mol. The molecule has 4 nitrogen and oxygen atoms in total. The predicted octanol–water partition coefficient (Wildman–Crippen LogP) is 2.26. The zero-order valence-corrected chi connectivity index (χ0v) is 12.0. The molecule has 0 aliphatic carbocycles. The van der Waals surface area contributed by atoms with Gasteiger partial charge in [0.15, 0.2) is 0 Å². The maximum Gasteiger partial charge on any atom is 0.249 e. The number of hydrogen-bond donors (Lipinski definition) is 0. The van der Waals surface area contributed by atoms with Crippen LogP contribution in [0.4, 0.5) is 0 Å². The van der Waals surface area contributed by atoms with Gasteiger partial charge in [0.2, 0.25) is 5.91 Å². The second-order valence-electron chi connectivity index (χ2n) is 4.37. The Hall–Kier alpha value is -1.59. The van der Waals surface area contributed by atoms with Crippen LogP contribution >= 0.6 is 11.3 Å². The number of rotatable bonds is 6. The van der Waals surface area contributed by atoms with Crippen LogP contribution in [-0.4, -0.2) is 29.1 Å². The van der Waals surface area contributed by atoms with E-state index in [0.717, 1.165) is 5.69 Å². The van der Waals surface area contributed by atoms with Gasteiger partial charge in [-0.25, -0.2) is 0 Å². The summed E-state index contributed by atoms with van der Waals surface area (Å²) in [5.41, 5.74) is 1.11. The van der Waals surface area contributed by atoms with Gasteiger partial charge in [-0.3, -0.25) is 4.79 Å². The number of aromatic nitrogens is 1. The average molecular weight is 278 g/mol. The monoisotopic (exact) mass is 278 g/mol. The third-order valence-corrected chi connectivity index (χ3v) is 3.81. The number of nitrogens with zero attached hydrogens (tertiary/aromatic N) is 2. The summed E-state index contributed by atoms with van der Waals surface area (Å²) in [5, 5.41) is 2.02. The average Bonchev–Trinajstić information content (AvgIpc) is 3.02. The van der Waals surface area contributed by atoms with Gasteiger partial charge in [-0.2, -0.15) is 0 Å². The van der Waals surface area contributed by atoms with E-state index in [1.165, 1.54) is 4.88 Å². The Morgan fingerprint density at radius 3 is 2.79 bits per heavy atom. The van der Waals surface area contributed by atoms with Gasteiger partial charge in [0.05, 0.1) is 13.1 Å². The molecule has 5 heteroatoms. The fourth-order valence-corrected chi connectivity index (χ4v) is 2.61. The molecule has 0 bridgehead atoms. The molecule has 0 N–H and O–H groups in total. The minimum absolute atomic E-state index is 0.0112. The second kappa shape index (κ2) is 6.54. The van der Waals surface area contributed by atoms with Crippen molar-refractivity contribution in [3.63, 3.8) is 0 Å². The predicted molar refractivity (Wildman–Crippen MR) is 75.9 cm³/mol. The Labute approximate surface area is 117 Å². The van der Waals surface area contributed by atoms with Crippen LogP contribution < -0.4 is 0 Å². The van der Waals surface area contributed by atoms with Crippen molar-refractivity contribution in [2.75, 3.05) is 13.7 Å². The highest BCUT2D eigenvalue weighted by Crippen LogP contribution is 2.15. The van der Waals surface area contributed by atoms with Gasteiger partial charge >= 0.3 is 0 Å². The number of methoxy groups -OCH3 is 1. The van der Waals surface area contributed by atoms with Crippen LogP contribution in [0.2, 0.25) is 0 Å². The van der Waals surface area contributed by atoms with Gasteiger partial charge in [0.1, 0.15) is 6.61 Å². The van der Waals surface area contributed by atoms with E-state index < -0.39 is 0 Å². The van der Waals surface area contributed by atoms with Gasteiger partial charge < -0.3 is 14.2 Å². The third-order valence-electron chi connectivity index (χ3n) is 2.95. The van der Waals surface area contributed by atoms with Crippen LogP contribution in [0, 0.1) is 0 Å². The van der Waals surface area contributed by atoms with Crippen molar-refractivity contribution in [3.05, 3.63) is 46.4 Å². The first kappa shape index (κ1) is 13.8. The SMILES string of the molecule is COCC(=O)N(Cc1cccs1)Cc1cccn1C. The van der Waals surface area contributed by atoms with Crippen LogP contribution in [-0.2, 0) is 29.7 Å². The summed E-state index contributed by atoms with van der Waals surface area (Å²) in [5.74, 6) is 0.0112. The minimum atomic E-state index is 0.0112. The first-order valence-electron chi connectivity index (χ1n) is 6.10. The van der Waals surface area contributed by atoms with Crippen molar-refractivity contribution >= 4 is 17.2 Å². The number of hydrogen-bond acceptors (Lipinski definition) is 3. The van der Waals surface area contributed by atoms with E-state index in [9.17, 15) is 4.79 Å². The standard InChI is InChI=1S/C14H18N2O2S/c1-15-7-3-5-12(15)9-16(14(17)11-18-2)10-13-6-4-8-19-13/h3-8H,9-11H2,1-2H3. The summed E-state index contributed by atoms with van der Waals surface area (Å²) < 4.78 is 6.99. The second-order valence-corrected chi connectivity index (χ2v) is 5.40. The van der Waals surface area contributed by atoms with Crippen LogP contribution in [0.5, 0.6) is 0 Å². The Kier molecular flexibility index (Phi) is 4.76. The van der Waals surface area contributed by atoms with Crippen molar-refractivity contribution in [3.8, 4) is 0 Å². The van der Waals surface area contributed by atoms with Crippen molar-refractivity contribution in [1.82, 2.24) is 9.47 Å². The van der Waals surface area contributed by atoms with Crippen molar-refractivity contribution in [2.24, 2.45) is 7.05 Å². The molecule has 0 aromatic carbocycles. The molecule has 0 saturated heterocycles. The highest BCUT2D eigenvalue weighted by Gasteiger charge is 2.15. The fourth-order valence-electron chi connectivity index (χ4n) is 1.89. The summed E-state index contributed by atoms with van der Waals surface area (Å²) in [7, 11) is 3.53. The van der Waals surface area contributed by atoms with Gasteiger partial charge in [0, 0.05) is 30.9 Å². The van der Waals surface area contributed by atoms with E-state index in [2.05, 4.69) is 0 Å². The Bertz CT molecular complexity index is 519. The molecule has 0 aliphatic heterocycles. The Morgan fingerprint density at radius 1 is 1.37 bits per heavy atom. The molecule has 19 heavy (non-hydrogen) atoms. The summed E-state index contributed by atoms with van der Waals surface area (Å²) in [6.45, 7) is 1.35. The summed E-state index contributed by atoms with van der Waals surface area (Å²) in [6, 6.07) is 8.06. The molecule has 0 radical (unpaired) electrons. The maximum atomic E-state index is 12.1. The molecule has 2 aromatic heterocycles. The smallest absolute Gasteiger partial charge is 0.249 e. The van der Waals surface area contributed by atoms with E-state index in [1.807, 2.05) is 52.4 Å². The molecule has 0 spiro atoms. The number of aryl methyl sites for hydroxylation is 1. The molecule has 1 amide bonds. The summed E-state index contributed by atoms with van der Waals surface area (Å²) in [4.78, 5) is 15.1. The van der Waals surface area contributed by atoms with E-state index in [4.69, 9.17) is 4.74 Å². The number of ether oxygens (including phenoxy) is 1. The van der Waals surface area contributed by atoms with Crippen LogP contribution in [0.25, 0.3) is 0 Å². The zero-order chi connectivity index (χ0) is 13.7. The Morgan fingerprint density at radius 2 is 2.21 bits per heavy atom. The highest BCUT2D eigenvalue weighted by molar-refractivity contribution is 7.09. The van der Waals surface area contributed by atoms with E-state index in [-0.39, 0.29) is 12.5 Å². The molecule has 0 aliphatic rings. The lowest BCUT2D eigenvalue weighted by atomic mass is 10.3. The molecule has 2 rings (SSSR count). The van der Waals surface area contributed by atoms with Gasteiger partial charge in [-0.05, 0) is 23.6 Å². The molecule has 0 fully saturated rings. The zero-order valence-electron chi connectivity index (χ0n) is 11.2. The number of amides is 1. The number of carbonyl (C=O) groups excluding carboxylic acids is 1. The minimum Gasteiger partial charge on any atom is -0.375 e. The van der Waals surface area contributed by atoms with Crippen molar-refractivity contribution in [1.29, 1.82) is 0 Å². The maximum absolute atomic E-state index is 12.1. The Balaban J connectivity index is 2.10. The molecule has 2 aromatic rings. The first-order chi connectivity index (χ1) is 9.20. The first-order valence-corrected chi connectivity index (χ1v) is 6.98. The normalized spacial score (nSPS) is 10.6. The topological polar surface area (TPSA) is 34.5 Å². The van der Waals surface area contributed by atoms with E-state index in [0.29, 0.717) is 13.1 Å². The molecular formula is C14H18N2O2S.